The fraction of sp³-hybridized carbons (Fsp3) is 0.750. The Morgan fingerprint density at radius 3 is 3.12 bits per heavy atom. The standard InChI is InChI=1S/C12H21N3O/c1-15-7-6-14-12(15)9-13-5-2-8-16-10-11-3-4-11/h6-7,11,13H,2-5,8-10H2,1H3. The minimum atomic E-state index is 0.839. The van der Waals surface area contributed by atoms with Crippen LogP contribution in [-0.2, 0) is 18.3 Å². The molecule has 0 unspecified atom stereocenters. The second-order valence-electron chi connectivity index (χ2n) is 4.50. The summed E-state index contributed by atoms with van der Waals surface area (Å²) in [6.45, 7) is 3.69. The van der Waals surface area contributed by atoms with Gasteiger partial charge in [0, 0.05) is 32.7 Å². The molecule has 1 aliphatic rings. The Kier molecular flexibility index (Phi) is 4.36. The number of imidazole rings is 1. The van der Waals surface area contributed by atoms with E-state index >= 15 is 0 Å². The highest BCUT2D eigenvalue weighted by molar-refractivity contribution is 4.90. The molecule has 1 aliphatic carbocycles. The second kappa shape index (κ2) is 6.01. The van der Waals surface area contributed by atoms with E-state index in [-0.39, 0.29) is 0 Å². The molecule has 16 heavy (non-hydrogen) atoms. The fourth-order valence-electron chi connectivity index (χ4n) is 1.60. The van der Waals surface area contributed by atoms with Crippen LogP contribution in [0.4, 0.5) is 0 Å². The zero-order valence-corrected chi connectivity index (χ0v) is 9.98. The summed E-state index contributed by atoms with van der Waals surface area (Å²) in [5, 5.41) is 3.37. The van der Waals surface area contributed by atoms with E-state index in [4.69, 9.17) is 4.74 Å². The molecule has 1 N–H and O–H groups in total. The molecule has 1 aromatic rings. The van der Waals surface area contributed by atoms with Crippen LogP contribution in [-0.4, -0.2) is 29.3 Å². The third-order valence-electron chi connectivity index (χ3n) is 2.90. The van der Waals surface area contributed by atoms with Crippen molar-refractivity contribution in [1.29, 1.82) is 0 Å². The highest BCUT2D eigenvalue weighted by Gasteiger charge is 2.20. The van der Waals surface area contributed by atoms with Gasteiger partial charge in [0.15, 0.2) is 0 Å². The first-order chi connectivity index (χ1) is 7.86. The number of rotatable bonds is 8. The number of hydrogen-bond acceptors (Lipinski definition) is 3. The van der Waals surface area contributed by atoms with Gasteiger partial charge in [0.1, 0.15) is 5.82 Å². The van der Waals surface area contributed by atoms with Gasteiger partial charge in [-0.1, -0.05) is 0 Å². The van der Waals surface area contributed by atoms with Crippen molar-refractivity contribution < 1.29 is 4.74 Å². The number of nitrogens with zero attached hydrogens (tertiary/aromatic N) is 2. The summed E-state index contributed by atoms with van der Waals surface area (Å²) < 4.78 is 7.60. The van der Waals surface area contributed by atoms with Crippen molar-refractivity contribution in [2.24, 2.45) is 13.0 Å². The average molecular weight is 223 g/mol. The van der Waals surface area contributed by atoms with E-state index in [0.29, 0.717) is 0 Å². The Morgan fingerprint density at radius 2 is 2.44 bits per heavy atom. The van der Waals surface area contributed by atoms with Crippen LogP contribution in [0, 0.1) is 5.92 Å². The van der Waals surface area contributed by atoms with Crippen molar-refractivity contribution >= 4 is 0 Å². The van der Waals surface area contributed by atoms with Crippen molar-refractivity contribution in [2.75, 3.05) is 19.8 Å². The predicted octanol–water partition coefficient (Wildman–Crippen LogP) is 1.33. The molecule has 0 spiro atoms. The molecule has 0 amide bonds. The van der Waals surface area contributed by atoms with Gasteiger partial charge in [-0.05, 0) is 31.7 Å². The van der Waals surface area contributed by atoms with Gasteiger partial charge < -0.3 is 14.6 Å². The maximum absolute atomic E-state index is 5.56. The zero-order valence-electron chi connectivity index (χ0n) is 9.98. The first-order valence-corrected chi connectivity index (χ1v) is 6.11. The average Bonchev–Trinajstić information content (AvgIpc) is 3.01. The Hall–Kier alpha value is -0.870. The van der Waals surface area contributed by atoms with Crippen molar-refractivity contribution in [1.82, 2.24) is 14.9 Å². The fourth-order valence-corrected chi connectivity index (χ4v) is 1.60. The Bertz CT molecular complexity index is 307. The Balaban J connectivity index is 1.44. The van der Waals surface area contributed by atoms with E-state index in [1.54, 1.807) is 0 Å². The molecule has 0 aliphatic heterocycles. The summed E-state index contributed by atoms with van der Waals surface area (Å²) in [7, 11) is 2.02. The van der Waals surface area contributed by atoms with Crippen molar-refractivity contribution in [3.05, 3.63) is 18.2 Å². The molecule has 0 radical (unpaired) electrons. The highest BCUT2D eigenvalue weighted by Crippen LogP contribution is 2.28. The Morgan fingerprint density at radius 1 is 1.56 bits per heavy atom. The summed E-state index contributed by atoms with van der Waals surface area (Å²) in [6.07, 6.45) is 7.62. The normalized spacial score (nSPS) is 15.6. The molecule has 90 valence electrons. The predicted molar refractivity (Wildman–Crippen MR) is 63.1 cm³/mol. The van der Waals surface area contributed by atoms with Crippen molar-refractivity contribution in [3.8, 4) is 0 Å². The lowest BCUT2D eigenvalue weighted by molar-refractivity contribution is 0.122. The summed E-state index contributed by atoms with van der Waals surface area (Å²) in [6, 6.07) is 0. The van der Waals surface area contributed by atoms with E-state index in [0.717, 1.165) is 44.5 Å². The molecule has 0 aromatic carbocycles. The van der Waals surface area contributed by atoms with Crippen molar-refractivity contribution in [2.45, 2.75) is 25.8 Å². The van der Waals surface area contributed by atoms with Crippen LogP contribution >= 0.6 is 0 Å². The van der Waals surface area contributed by atoms with Crippen molar-refractivity contribution in [3.63, 3.8) is 0 Å². The molecule has 4 nitrogen and oxygen atoms in total. The molecule has 1 fully saturated rings. The van der Waals surface area contributed by atoms with Gasteiger partial charge in [0.05, 0.1) is 6.54 Å². The number of aromatic nitrogens is 2. The van der Waals surface area contributed by atoms with Gasteiger partial charge in [-0.2, -0.15) is 0 Å². The van der Waals surface area contributed by atoms with E-state index in [1.807, 2.05) is 24.0 Å². The van der Waals surface area contributed by atoms with Gasteiger partial charge in [0.2, 0.25) is 0 Å². The van der Waals surface area contributed by atoms with Crippen LogP contribution in [0.2, 0.25) is 0 Å². The monoisotopic (exact) mass is 223 g/mol. The van der Waals surface area contributed by atoms with Crippen LogP contribution in [0.3, 0.4) is 0 Å². The van der Waals surface area contributed by atoms with Gasteiger partial charge in [-0.3, -0.25) is 0 Å². The number of nitrogens with one attached hydrogen (secondary N) is 1. The van der Waals surface area contributed by atoms with E-state index < -0.39 is 0 Å². The lowest BCUT2D eigenvalue weighted by Crippen LogP contribution is -2.18. The quantitative estimate of drug-likeness (QED) is 0.676. The second-order valence-corrected chi connectivity index (χ2v) is 4.50. The van der Waals surface area contributed by atoms with E-state index in [2.05, 4.69) is 10.3 Å². The first kappa shape index (κ1) is 11.6. The lowest BCUT2D eigenvalue weighted by Gasteiger charge is -2.05. The summed E-state index contributed by atoms with van der Waals surface area (Å²) in [5.74, 6) is 1.96. The smallest absolute Gasteiger partial charge is 0.122 e. The molecular weight excluding hydrogens is 202 g/mol. The largest absolute Gasteiger partial charge is 0.381 e. The molecule has 0 atom stereocenters. The molecule has 0 bridgehead atoms. The SMILES string of the molecule is Cn1ccnc1CNCCCOCC1CC1. The summed E-state index contributed by atoms with van der Waals surface area (Å²) in [4.78, 5) is 4.25. The molecule has 1 aromatic heterocycles. The number of ether oxygens (including phenoxy) is 1. The minimum Gasteiger partial charge on any atom is -0.381 e. The molecule has 0 saturated heterocycles. The Labute approximate surface area is 97.0 Å². The third-order valence-corrected chi connectivity index (χ3v) is 2.90. The lowest BCUT2D eigenvalue weighted by atomic mass is 10.4. The van der Waals surface area contributed by atoms with Crippen LogP contribution < -0.4 is 5.32 Å². The van der Waals surface area contributed by atoms with Crippen LogP contribution in [0.25, 0.3) is 0 Å². The summed E-state index contributed by atoms with van der Waals surface area (Å²) >= 11 is 0. The van der Waals surface area contributed by atoms with Gasteiger partial charge in [-0.15, -0.1) is 0 Å². The van der Waals surface area contributed by atoms with Crippen LogP contribution in [0.5, 0.6) is 0 Å². The van der Waals surface area contributed by atoms with E-state index in [9.17, 15) is 0 Å². The molecule has 1 heterocycles. The number of hydrogen-bond donors (Lipinski definition) is 1. The first-order valence-electron chi connectivity index (χ1n) is 6.11. The molecule has 1 saturated carbocycles. The number of aryl methyl sites for hydroxylation is 1. The van der Waals surface area contributed by atoms with Gasteiger partial charge in [0.25, 0.3) is 0 Å². The molecule has 4 heteroatoms. The van der Waals surface area contributed by atoms with Gasteiger partial charge in [-0.25, -0.2) is 4.98 Å². The third kappa shape index (κ3) is 3.94. The van der Waals surface area contributed by atoms with Crippen LogP contribution in [0.1, 0.15) is 25.1 Å². The molecule has 2 rings (SSSR count). The summed E-state index contributed by atoms with van der Waals surface area (Å²) in [5.41, 5.74) is 0. The zero-order chi connectivity index (χ0) is 11.2. The minimum absolute atomic E-state index is 0.839. The van der Waals surface area contributed by atoms with E-state index in [1.165, 1.54) is 12.8 Å². The topological polar surface area (TPSA) is 39.1 Å². The van der Waals surface area contributed by atoms with Crippen LogP contribution in [0.15, 0.2) is 12.4 Å². The van der Waals surface area contributed by atoms with Gasteiger partial charge >= 0.3 is 0 Å². The molecular formula is C12H21N3O. The maximum Gasteiger partial charge on any atom is 0.122 e. The maximum atomic E-state index is 5.56. The highest BCUT2D eigenvalue weighted by atomic mass is 16.5.